The van der Waals surface area contributed by atoms with E-state index in [1.165, 1.54) is 19.3 Å². The second-order valence-electron chi connectivity index (χ2n) is 3.27. The Morgan fingerprint density at radius 3 is 2.58 bits per heavy atom. The second-order valence-corrected chi connectivity index (χ2v) is 3.27. The highest BCUT2D eigenvalue weighted by atomic mass is 16.6. The lowest BCUT2D eigenvalue weighted by molar-refractivity contribution is 0.140. The molecule has 0 aliphatic heterocycles. The molecule has 0 aliphatic rings. The molecule has 1 radical (unpaired) electrons. The van der Waals surface area contributed by atoms with Crippen molar-refractivity contribution in [2.75, 3.05) is 6.61 Å². The molecule has 0 amide bonds. The molecular weight excluding hydrogens is 150 g/mol. The van der Waals surface area contributed by atoms with Gasteiger partial charge in [-0.1, -0.05) is 38.8 Å². The molecule has 0 unspecified atom stereocenters. The van der Waals surface area contributed by atoms with Gasteiger partial charge in [0.25, 0.3) is 0 Å². The first kappa shape index (κ1) is 11.5. The Bertz CT molecular complexity index is 110. The first-order valence-corrected chi connectivity index (χ1v) is 4.85. The molecule has 12 heavy (non-hydrogen) atoms. The van der Waals surface area contributed by atoms with Gasteiger partial charge in [0.2, 0.25) is 0 Å². The second kappa shape index (κ2) is 8.57. The first-order valence-electron chi connectivity index (χ1n) is 4.85. The molecular formula is C10H20NO. The Kier molecular flexibility index (Phi) is 8.19. The van der Waals surface area contributed by atoms with Gasteiger partial charge in [0.05, 0.1) is 0 Å². The average molecular weight is 170 g/mol. The molecule has 0 saturated carbocycles. The third-order valence-corrected chi connectivity index (χ3v) is 1.46. The highest BCUT2D eigenvalue weighted by molar-refractivity contribution is 5.58. The Hall–Kier alpha value is -0.530. The van der Waals surface area contributed by atoms with Crippen molar-refractivity contribution in [2.24, 2.45) is 11.1 Å². The van der Waals surface area contributed by atoms with Crippen molar-refractivity contribution in [3.05, 3.63) is 0 Å². The quantitative estimate of drug-likeness (QED) is 0.327. The molecule has 2 nitrogen and oxygen atoms in total. The van der Waals surface area contributed by atoms with Crippen LogP contribution >= 0.6 is 0 Å². The van der Waals surface area contributed by atoms with E-state index in [0.717, 1.165) is 13.0 Å². The topological polar surface area (TPSA) is 21.6 Å². The first-order chi connectivity index (χ1) is 5.77. The van der Waals surface area contributed by atoms with Gasteiger partial charge in [-0.25, -0.2) is 0 Å². The maximum absolute atomic E-state index is 5.00. The number of rotatable bonds is 7. The van der Waals surface area contributed by atoms with Crippen molar-refractivity contribution in [3.8, 4) is 0 Å². The van der Waals surface area contributed by atoms with Gasteiger partial charge in [0.1, 0.15) is 12.8 Å². The molecule has 0 aromatic rings. The Morgan fingerprint density at radius 1 is 1.25 bits per heavy atom. The minimum absolute atomic E-state index is 0.362. The largest absolute Gasteiger partial charge is 0.396 e. The van der Waals surface area contributed by atoms with Crippen molar-refractivity contribution in [3.63, 3.8) is 0 Å². The number of nitrogens with zero attached hydrogens (tertiary/aromatic N) is 1. The van der Waals surface area contributed by atoms with Crippen molar-refractivity contribution in [1.29, 1.82) is 0 Å². The normalized spacial score (nSPS) is 11.3. The van der Waals surface area contributed by atoms with Crippen LogP contribution in [0, 0.1) is 5.92 Å². The smallest absolute Gasteiger partial charge is 0.117 e. The summed E-state index contributed by atoms with van der Waals surface area (Å²) < 4.78 is 0. The van der Waals surface area contributed by atoms with E-state index < -0.39 is 0 Å². The lowest BCUT2D eigenvalue weighted by Crippen LogP contribution is -1.92. The average Bonchev–Trinajstić information content (AvgIpc) is 2.02. The summed E-state index contributed by atoms with van der Waals surface area (Å²) in [6.07, 6.45) is 7.75. The summed E-state index contributed by atoms with van der Waals surface area (Å²) in [6.45, 7) is 7.00. The molecule has 0 aromatic carbocycles. The van der Waals surface area contributed by atoms with Crippen molar-refractivity contribution in [2.45, 2.75) is 46.5 Å². The molecule has 0 aromatic heterocycles. The van der Waals surface area contributed by atoms with Crippen LogP contribution in [0.25, 0.3) is 0 Å². The zero-order chi connectivity index (χ0) is 9.23. The molecule has 0 bridgehead atoms. The van der Waals surface area contributed by atoms with Gasteiger partial charge < -0.3 is 4.84 Å². The molecule has 0 fully saturated rings. The van der Waals surface area contributed by atoms with E-state index in [4.69, 9.17) is 4.84 Å². The third-order valence-electron chi connectivity index (χ3n) is 1.46. The summed E-state index contributed by atoms with van der Waals surface area (Å²) in [4.78, 5) is 5.00. The zero-order valence-corrected chi connectivity index (χ0v) is 8.47. The monoisotopic (exact) mass is 170 g/mol. The van der Waals surface area contributed by atoms with Crippen LogP contribution in [0.4, 0.5) is 0 Å². The van der Waals surface area contributed by atoms with Gasteiger partial charge in [0.15, 0.2) is 0 Å². The van der Waals surface area contributed by atoms with Crippen LogP contribution in [0.2, 0.25) is 0 Å². The predicted octanol–water partition coefficient (Wildman–Crippen LogP) is 3.10. The van der Waals surface area contributed by atoms with Crippen LogP contribution in [-0.4, -0.2) is 12.8 Å². The van der Waals surface area contributed by atoms with Crippen LogP contribution in [0.15, 0.2) is 5.16 Å². The zero-order valence-electron chi connectivity index (χ0n) is 8.47. The van der Waals surface area contributed by atoms with Gasteiger partial charge in [-0.05, 0) is 12.8 Å². The molecule has 0 heterocycles. The summed E-state index contributed by atoms with van der Waals surface area (Å²) in [6, 6.07) is 0. The number of hydrogen-bond acceptors (Lipinski definition) is 2. The molecule has 71 valence electrons. The molecule has 2 heteroatoms. The number of unbranched alkanes of at least 4 members (excludes halogenated alkanes) is 3. The summed E-state index contributed by atoms with van der Waals surface area (Å²) in [5, 5.41) is 3.72. The summed E-state index contributed by atoms with van der Waals surface area (Å²) in [5.41, 5.74) is 0. The van der Waals surface area contributed by atoms with Crippen molar-refractivity contribution >= 4 is 6.21 Å². The molecule has 0 aliphatic carbocycles. The van der Waals surface area contributed by atoms with Crippen LogP contribution < -0.4 is 0 Å². The highest BCUT2D eigenvalue weighted by Crippen LogP contribution is 1.98. The lowest BCUT2D eigenvalue weighted by atomic mass is 10.2. The van der Waals surface area contributed by atoms with E-state index in [-0.39, 0.29) is 0 Å². The van der Waals surface area contributed by atoms with Gasteiger partial charge in [0, 0.05) is 5.92 Å². The van der Waals surface area contributed by atoms with Gasteiger partial charge in [-0.3, -0.25) is 0 Å². The molecule has 0 rings (SSSR count). The van der Waals surface area contributed by atoms with Crippen molar-refractivity contribution < 1.29 is 4.84 Å². The van der Waals surface area contributed by atoms with E-state index >= 15 is 0 Å². The van der Waals surface area contributed by atoms with Gasteiger partial charge in [-0.15, -0.1) is 0 Å². The van der Waals surface area contributed by atoms with E-state index in [1.807, 2.05) is 13.8 Å². The standard InChI is InChI=1S/C10H20NO/c1-4-5-6-7-8-12-11-9-10(2)3/h10H,4-8H2,1-3H3. The fourth-order valence-electron chi connectivity index (χ4n) is 0.782. The highest BCUT2D eigenvalue weighted by Gasteiger charge is 1.88. The Labute approximate surface area is 76.0 Å². The molecule has 0 N–H and O–H groups in total. The summed E-state index contributed by atoms with van der Waals surface area (Å²) in [5.74, 6) is 0.362. The minimum Gasteiger partial charge on any atom is -0.396 e. The third kappa shape index (κ3) is 9.47. The summed E-state index contributed by atoms with van der Waals surface area (Å²) >= 11 is 0. The fourth-order valence-corrected chi connectivity index (χ4v) is 0.782. The lowest BCUT2D eigenvalue weighted by Gasteiger charge is -1.98. The molecule has 0 spiro atoms. The van der Waals surface area contributed by atoms with Crippen LogP contribution in [0.1, 0.15) is 46.5 Å². The van der Waals surface area contributed by atoms with Gasteiger partial charge in [-0.2, -0.15) is 0 Å². The van der Waals surface area contributed by atoms with E-state index in [9.17, 15) is 0 Å². The number of hydrogen-bond donors (Lipinski definition) is 0. The van der Waals surface area contributed by atoms with E-state index in [0.29, 0.717) is 5.92 Å². The SMILES string of the molecule is CCCCCCO/N=[C]/C(C)C. The minimum atomic E-state index is 0.362. The van der Waals surface area contributed by atoms with Crippen LogP contribution in [-0.2, 0) is 4.84 Å². The summed E-state index contributed by atoms with van der Waals surface area (Å²) in [7, 11) is 0. The Morgan fingerprint density at radius 2 is 2.00 bits per heavy atom. The van der Waals surface area contributed by atoms with Crippen LogP contribution in [0.5, 0.6) is 0 Å². The van der Waals surface area contributed by atoms with E-state index in [2.05, 4.69) is 18.3 Å². The Balaban J connectivity index is 3.00. The fraction of sp³-hybridized carbons (Fsp3) is 0.900. The van der Waals surface area contributed by atoms with Gasteiger partial charge >= 0.3 is 0 Å². The maximum atomic E-state index is 5.00. The molecule has 0 atom stereocenters. The van der Waals surface area contributed by atoms with Crippen molar-refractivity contribution in [1.82, 2.24) is 0 Å². The predicted molar refractivity (Wildman–Crippen MR) is 52.4 cm³/mol. The maximum Gasteiger partial charge on any atom is 0.117 e. The van der Waals surface area contributed by atoms with Crippen LogP contribution in [0.3, 0.4) is 0 Å². The molecule has 0 saturated heterocycles. The van der Waals surface area contributed by atoms with E-state index in [1.54, 1.807) is 0 Å².